The largest absolute Gasteiger partial charge is 0.493 e. The highest BCUT2D eigenvalue weighted by Crippen LogP contribution is 2.44. The first-order valence-corrected chi connectivity index (χ1v) is 19.1. The van der Waals surface area contributed by atoms with Crippen LogP contribution in [0.5, 0.6) is 11.5 Å². The number of nitrogens with zero attached hydrogens (tertiary/aromatic N) is 6. The average Bonchev–Trinajstić information content (AvgIpc) is 3.79. The van der Waals surface area contributed by atoms with Gasteiger partial charge in [0, 0.05) is 37.3 Å². The van der Waals surface area contributed by atoms with Crippen LogP contribution in [0.3, 0.4) is 0 Å². The maximum atomic E-state index is 14.3. The number of fused-ring (bicyclic) bond motifs is 3. The van der Waals surface area contributed by atoms with Crippen LogP contribution in [-0.2, 0) is 24.4 Å². The Labute approximate surface area is 330 Å². The van der Waals surface area contributed by atoms with Crippen molar-refractivity contribution in [2.45, 2.75) is 51.4 Å². The van der Waals surface area contributed by atoms with Crippen LogP contribution in [-0.4, -0.2) is 68.6 Å². The number of aromatic nitrogens is 4. The molecule has 290 valence electrons. The fourth-order valence-electron chi connectivity index (χ4n) is 7.82. The zero-order valence-electron chi connectivity index (χ0n) is 31.9. The molecule has 0 atom stereocenters. The molecule has 0 N–H and O–H groups in total. The van der Waals surface area contributed by atoms with E-state index in [1.165, 1.54) is 35.4 Å². The molecular formula is C45H43FN6O5. The molecule has 6 aromatic rings. The summed E-state index contributed by atoms with van der Waals surface area (Å²) in [4.78, 5) is 35.5. The number of methoxy groups -OCH3 is 1. The third kappa shape index (κ3) is 7.93. The summed E-state index contributed by atoms with van der Waals surface area (Å²) < 4.78 is 33.5. The molecule has 12 heteroatoms. The molecule has 2 aromatic heterocycles. The number of carbonyl (C=O) groups is 2. The highest BCUT2D eigenvalue weighted by Gasteiger charge is 2.32. The van der Waals surface area contributed by atoms with E-state index in [-0.39, 0.29) is 61.8 Å². The van der Waals surface area contributed by atoms with Crippen LogP contribution in [0.4, 0.5) is 9.18 Å². The molecule has 1 fully saturated rings. The normalized spacial score (nSPS) is 13.8. The molecule has 1 saturated heterocycles. The van der Waals surface area contributed by atoms with E-state index >= 15 is 0 Å². The minimum absolute atomic E-state index is 0.00245. The van der Waals surface area contributed by atoms with E-state index in [9.17, 15) is 14.0 Å². The van der Waals surface area contributed by atoms with Gasteiger partial charge in [-0.3, -0.25) is 9.78 Å². The van der Waals surface area contributed by atoms with Crippen molar-refractivity contribution in [1.82, 2.24) is 29.8 Å². The van der Waals surface area contributed by atoms with Crippen molar-refractivity contribution in [2.24, 2.45) is 0 Å². The van der Waals surface area contributed by atoms with Gasteiger partial charge < -0.3 is 24.0 Å². The number of amides is 2. The Bertz CT molecular complexity index is 2330. The van der Waals surface area contributed by atoms with Crippen molar-refractivity contribution < 1.29 is 28.2 Å². The lowest BCUT2D eigenvalue weighted by Gasteiger charge is -2.32. The molecule has 11 nitrogen and oxygen atoms in total. The third-order valence-electron chi connectivity index (χ3n) is 10.8. The van der Waals surface area contributed by atoms with Gasteiger partial charge in [-0.05, 0) is 77.9 Å². The van der Waals surface area contributed by atoms with E-state index in [1.807, 2.05) is 66.2 Å². The first-order valence-electron chi connectivity index (χ1n) is 19.1. The average molecular weight is 767 g/mol. The van der Waals surface area contributed by atoms with E-state index in [0.29, 0.717) is 54.4 Å². The van der Waals surface area contributed by atoms with Crippen LogP contribution in [0, 0.1) is 12.7 Å². The van der Waals surface area contributed by atoms with Gasteiger partial charge in [0.15, 0.2) is 17.2 Å². The second kappa shape index (κ2) is 16.7. The summed E-state index contributed by atoms with van der Waals surface area (Å²) in [6.45, 7) is 3.62. The number of piperidine rings is 1. The van der Waals surface area contributed by atoms with Gasteiger partial charge in [-0.25, -0.2) is 13.9 Å². The Morgan fingerprint density at radius 2 is 1.54 bits per heavy atom. The van der Waals surface area contributed by atoms with Crippen molar-refractivity contribution >= 4 is 12.0 Å². The zero-order chi connectivity index (χ0) is 39.3. The molecule has 2 amide bonds. The molecule has 1 aliphatic carbocycles. The Kier molecular flexibility index (Phi) is 10.9. The van der Waals surface area contributed by atoms with Crippen LogP contribution in [0.2, 0.25) is 0 Å². The summed E-state index contributed by atoms with van der Waals surface area (Å²) in [5, 5.41) is 8.84. The smallest absolute Gasteiger partial charge is 0.409 e. The maximum Gasteiger partial charge on any atom is 0.409 e. The van der Waals surface area contributed by atoms with Gasteiger partial charge in [0.25, 0.3) is 5.91 Å². The van der Waals surface area contributed by atoms with Crippen molar-refractivity contribution in [3.8, 4) is 22.6 Å². The lowest BCUT2D eigenvalue weighted by Crippen LogP contribution is -2.40. The topological polar surface area (TPSA) is 112 Å². The summed E-state index contributed by atoms with van der Waals surface area (Å²) in [6, 6.07) is 34.0. The van der Waals surface area contributed by atoms with Gasteiger partial charge in [-0.1, -0.05) is 84.1 Å². The van der Waals surface area contributed by atoms with Crippen LogP contribution >= 0.6 is 0 Å². The molecule has 8 rings (SSSR count). The van der Waals surface area contributed by atoms with Crippen LogP contribution in [0.25, 0.3) is 11.1 Å². The lowest BCUT2D eigenvalue weighted by atomic mass is 9.98. The van der Waals surface area contributed by atoms with E-state index in [1.54, 1.807) is 40.3 Å². The van der Waals surface area contributed by atoms with Gasteiger partial charge in [-0.2, -0.15) is 0 Å². The fraction of sp³-hybridized carbons (Fsp3) is 0.267. The van der Waals surface area contributed by atoms with Crippen molar-refractivity contribution in [2.75, 3.05) is 26.8 Å². The Morgan fingerprint density at radius 1 is 0.842 bits per heavy atom. The zero-order valence-corrected chi connectivity index (χ0v) is 31.9. The molecule has 0 spiro atoms. The summed E-state index contributed by atoms with van der Waals surface area (Å²) in [5.74, 6) is 0.274. The second-order valence-corrected chi connectivity index (χ2v) is 14.3. The van der Waals surface area contributed by atoms with Crippen molar-refractivity contribution in [3.05, 3.63) is 161 Å². The molecular weight excluding hydrogens is 724 g/mol. The second-order valence-electron chi connectivity index (χ2n) is 14.3. The summed E-state index contributed by atoms with van der Waals surface area (Å²) in [6.07, 6.45) is 2.65. The van der Waals surface area contributed by atoms with Gasteiger partial charge in [-0.15, -0.1) is 5.10 Å². The number of rotatable bonds is 12. The molecule has 0 saturated carbocycles. The number of ether oxygens (including phenoxy) is 3. The first-order chi connectivity index (χ1) is 27.9. The monoisotopic (exact) mass is 766 g/mol. The van der Waals surface area contributed by atoms with Gasteiger partial charge in [0.05, 0.1) is 31.1 Å². The minimum atomic E-state index is -0.344. The van der Waals surface area contributed by atoms with Crippen LogP contribution < -0.4 is 9.47 Å². The molecule has 0 bridgehead atoms. The number of pyridine rings is 1. The van der Waals surface area contributed by atoms with Gasteiger partial charge in [0.1, 0.15) is 19.0 Å². The fourth-order valence-corrected chi connectivity index (χ4v) is 7.82. The Hall–Kier alpha value is -6.56. The standard InChI is InChI=1S/C45H43FN6O5/c1-30-43(44(53)51(27-33-12-9-10-22-47-33)26-31-18-19-41(42(25-31)55-2)56-28-32-11-3-8-17-40(32)46)48-49-52(30)34-20-23-50(24-21-34)45(54)57-29-39-37-15-6-4-13-35(37)36-14-5-7-16-38(36)39/h3-19,22,25,34,39H,20-21,23-24,26-29H2,1-2H3. The number of carbonyl (C=O) groups excluding carboxylic acids is 2. The molecule has 2 aliphatic rings. The van der Waals surface area contributed by atoms with Gasteiger partial charge in [0.2, 0.25) is 0 Å². The highest BCUT2D eigenvalue weighted by molar-refractivity contribution is 5.93. The lowest BCUT2D eigenvalue weighted by molar-refractivity contribution is 0.0720. The predicted molar refractivity (Wildman–Crippen MR) is 211 cm³/mol. The Balaban J connectivity index is 0.920. The SMILES string of the molecule is COc1cc(CN(Cc2ccccn2)C(=O)c2nnn(C3CCN(C(=O)OCC4c5ccccc5-c5ccccc54)CC3)c2C)ccc1OCc1ccccc1F. The number of benzene rings is 4. The number of hydrogen-bond donors (Lipinski definition) is 0. The van der Waals surface area contributed by atoms with Gasteiger partial charge >= 0.3 is 6.09 Å². The number of likely N-dealkylation sites (tertiary alicyclic amines) is 1. The van der Waals surface area contributed by atoms with Crippen molar-refractivity contribution in [1.29, 1.82) is 0 Å². The van der Waals surface area contributed by atoms with E-state index in [4.69, 9.17) is 14.2 Å². The quantitative estimate of drug-likeness (QED) is 0.123. The summed E-state index contributed by atoms with van der Waals surface area (Å²) >= 11 is 0. The number of hydrogen-bond acceptors (Lipinski definition) is 8. The van der Waals surface area contributed by atoms with E-state index in [0.717, 1.165) is 5.56 Å². The first kappa shape index (κ1) is 37.4. The molecule has 3 heterocycles. The van der Waals surface area contributed by atoms with Crippen LogP contribution in [0.1, 0.15) is 68.9 Å². The molecule has 0 unspecified atom stereocenters. The van der Waals surface area contributed by atoms with E-state index in [2.05, 4.69) is 39.6 Å². The molecule has 4 aromatic carbocycles. The molecule has 1 aliphatic heterocycles. The Morgan fingerprint density at radius 3 is 2.25 bits per heavy atom. The van der Waals surface area contributed by atoms with Crippen molar-refractivity contribution in [3.63, 3.8) is 0 Å². The molecule has 57 heavy (non-hydrogen) atoms. The molecule has 0 radical (unpaired) electrons. The third-order valence-corrected chi connectivity index (χ3v) is 10.8. The predicted octanol–water partition coefficient (Wildman–Crippen LogP) is 8.14. The number of halogens is 1. The minimum Gasteiger partial charge on any atom is -0.493 e. The summed E-state index contributed by atoms with van der Waals surface area (Å²) in [7, 11) is 1.54. The highest BCUT2D eigenvalue weighted by atomic mass is 19.1. The van der Waals surface area contributed by atoms with Crippen LogP contribution in [0.15, 0.2) is 115 Å². The summed E-state index contributed by atoms with van der Waals surface area (Å²) in [5.41, 5.74) is 7.58. The maximum absolute atomic E-state index is 14.3. The van der Waals surface area contributed by atoms with E-state index < -0.39 is 0 Å².